The molecule has 5 nitrogen and oxygen atoms in total. The van der Waals surface area contributed by atoms with Crippen molar-refractivity contribution in [2.75, 3.05) is 11.9 Å². The molecule has 1 unspecified atom stereocenters. The molecule has 0 aromatic heterocycles. The maximum atomic E-state index is 12.9. The fraction of sp³-hybridized carbons (Fsp3) is 0.120. The summed E-state index contributed by atoms with van der Waals surface area (Å²) in [6.45, 7) is 2.53. The third-order valence-electron chi connectivity index (χ3n) is 4.34. The van der Waals surface area contributed by atoms with Gasteiger partial charge in [-0.25, -0.2) is 0 Å². The number of rotatable bonds is 8. The van der Waals surface area contributed by atoms with Crippen molar-refractivity contribution in [2.45, 2.75) is 13.0 Å². The van der Waals surface area contributed by atoms with Crippen LogP contribution in [0.4, 0.5) is 5.69 Å². The van der Waals surface area contributed by atoms with Crippen LogP contribution in [0, 0.1) is 0 Å². The van der Waals surface area contributed by atoms with Gasteiger partial charge < -0.3 is 15.4 Å². The summed E-state index contributed by atoms with van der Waals surface area (Å²) < 4.78 is 5.42. The van der Waals surface area contributed by atoms with E-state index in [2.05, 4.69) is 10.6 Å². The van der Waals surface area contributed by atoms with Crippen molar-refractivity contribution in [3.05, 3.63) is 102 Å². The first-order chi connectivity index (χ1) is 14.7. The van der Waals surface area contributed by atoms with Crippen LogP contribution in [0.2, 0.25) is 0 Å². The van der Waals surface area contributed by atoms with Gasteiger partial charge in [-0.1, -0.05) is 60.7 Å². The zero-order valence-corrected chi connectivity index (χ0v) is 16.7. The Morgan fingerprint density at radius 2 is 1.53 bits per heavy atom. The van der Waals surface area contributed by atoms with E-state index in [0.717, 1.165) is 11.3 Å². The minimum absolute atomic E-state index is 0.310. The highest BCUT2D eigenvalue weighted by Crippen LogP contribution is 2.17. The summed E-state index contributed by atoms with van der Waals surface area (Å²) in [5.74, 6) is 0.108. The molecular weight excluding hydrogens is 376 g/mol. The Labute approximate surface area is 176 Å². The van der Waals surface area contributed by atoms with E-state index in [9.17, 15) is 9.59 Å². The lowest BCUT2D eigenvalue weighted by molar-refractivity contribution is -0.123. The SMILES string of the molecule is CCOc1ccc(C=CC(=O)NC(C(=O)Nc2ccccc2)c2ccccc2)cc1. The average molecular weight is 400 g/mol. The van der Waals surface area contributed by atoms with Crippen molar-refractivity contribution in [3.63, 3.8) is 0 Å². The third-order valence-corrected chi connectivity index (χ3v) is 4.34. The van der Waals surface area contributed by atoms with Crippen LogP contribution in [0.5, 0.6) is 5.75 Å². The lowest BCUT2D eigenvalue weighted by atomic mass is 10.1. The maximum Gasteiger partial charge on any atom is 0.251 e. The number of benzene rings is 3. The molecule has 0 radical (unpaired) electrons. The molecule has 0 aliphatic heterocycles. The van der Waals surface area contributed by atoms with Gasteiger partial charge in [-0.15, -0.1) is 0 Å². The fourth-order valence-corrected chi connectivity index (χ4v) is 2.89. The van der Waals surface area contributed by atoms with Crippen LogP contribution >= 0.6 is 0 Å². The fourth-order valence-electron chi connectivity index (χ4n) is 2.89. The number of anilines is 1. The van der Waals surface area contributed by atoms with Gasteiger partial charge in [-0.05, 0) is 48.4 Å². The Hall–Kier alpha value is -3.86. The summed E-state index contributed by atoms with van der Waals surface area (Å²) in [7, 11) is 0. The summed E-state index contributed by atoms with van der Waals surface area (Å²) in [6.07, 6.45) is 3.11. The molecule has 3 aromatic rings. The van der Waals surface area contributed by atoms with Gasteiger partial charge in [0, 0.05) is 11.8 Å². The first-order valence-corrected chi connectivity index (χ1v) is 9.78. The molecule has 3 aromatic carbocycles. The van der Waals surface area contributed by atoms with E-state index in [1.807, 2.05) is 79.7 Å². The van der Waals surface area contributed by atoms with Gasteiger partial charge in [0.2, 0.25) is 5.91 Å². The van der Waals surface area contributed by atoms with Crippen molar-refractivity contribution in [1.82, 2.24) is 5.32 Å². The number of nitrogens with one attached hydrogen (secondary N) is 2. The molecule has 0 aliphatic rings. The number of ether oxygens (including phenoxy) is 1. The van der Waals surface area contributed by atoms with Crippen molar-refractivity contribution in [1.29, 1.82) is 0 Å². The number of carbonyl (C=O) groups is 2. The summed E-state index contributed by atoms with van der Waals surface area (Å²) >= 11 is 0. The van der Waals surface area contributed by atoms with E-state index >= 15 is 0 Å². The van der Waals surface area contributed by atoms with Crippen LogP contribution in [-0.2, 0) is 9.59 Å². The molecule has 2 N–H and O–H groups in total. The number of amides is 2. The van der Waals surface area contributed by atoms with E-state index in [1.165, 1.54) is 6.08 Å². The highest BCUT2D eigenvalue weighted by atomic mass is 16.5. The Kier molecular flexibility index (Phi) is 7.39. The van der Waals surface area contributed by atoms with Crippen molar-refractivity contribution in [3.8, 4) is 5.75 Å². The minimum atomic E-state index is -0.816. The Morgan fingerprint density at radius 3 is 2.17 bits per heavy atom. The number of para-hydroxylation sites is 1. The molecule has 3 rings (SSSR count). The average Bonchev–Trinajstić information content (AvgIpc) is 2.78. The second kappa shape index (κ2) is 10.6. The van der Waals surface area contributed by atoms with E-state index in [-0.39, 0.29) is 11.8 Å². The van der Waals surface area contributed by atoms with Gasteiger partial charge in [-0.3, -0.25) is 9.59 Å². The third kappa shape index (κ3) is 6.07. The Bertz CT molecular complexity index is 984. The van der Waals surface area contributed by atoms with Gasteiger partial charge >= 0.3 is 0 Å². The van der Waals surface area contributed by atoms with E-state index in [1.54, 1.807) is 18.2 Å². The van der Waals surface area contributed by atoms with Crippen LogP contribution in [0.15, 0.2) is 91.0 Å². The molecule has 30 heavy (non-hydrogen) atoms. The topological polar surface area (TPSA) is 67.4 Å². The second-order valence-electron chi connectivity index (χ2n) is 6.54. The van der Waals surface area contributed by atoms with Gasteiger partial charge in [0.15, 0.2) is 0 Å². The molecule has 0 saturated carbocycles. The molecular formula is C25H24N2O3. The van der Waals surface area contributed by atoms with Crippen LogP contribution in [-0.4, -0.2) is 18.4 Å². The first kappa shape index (κ1) is 20.9. The molecule has 0 bridgehead atoms. The largest absolute Gasteiger partial charge is 0.494 e. The van der Waals surface area contributed by atoms with Crippen molar-refractivity contribution < 1.29 is 14.3 Å². The summed E-state index contributed by atoms with van der Waals surface area (Å²) in [6, 6.07) is 24.9. The van der Waals surface area contributed by atoms with Gasteiger partial charge in [0.1, 0.15) is 11.8 Å². The predicted molar refractivity (Wildman–Crippen MR) is 119 cm³/mol. The van der Waals surface area contributed by atoms with Gasteiger partial charge in [0.25, 0.3) is 5.91 Å². The molecule has 0 saturated heterocycles. The molecule has 5 heteroatoms. The van der Waals surface area contributed by atoms with E-state index in [4.69, 9.17) is 4.74 Å². The zero-order valence-electron chi connectivity index (χ0n) is 16.7. The van der Waals surface area contributed by atoms with Crippen LogP contribution in [0.3, 0.4) is 0 Å². The van der Waals surface area contributed by atoms with Crippen molar-refractivity contribution in [2.24, 2.45) is 0 Å². The molecule has 0 spiro atoms. The second-order valence-corrected chi connectivity index (χ2v) is 6.54. The van der Waals surface area contributed by atoms with Crippen LogP contribution in [0.25, 0.3) is 6.08 Å². The quantitative estimate of drug-likeness (QED) is 0.543. The Morgan fingerprint density at radius 1 is 0.900 bits per heavy atom. The number of hydrogen-bond acceptors (Lipinski definition) is 3. The molecule has 0 fully saturated rings. The van der Waals surface area contributed by atoms with E-state index in [0.29, 0.717) is 17.9 Å². The summed E-state index contributed by atoms with van der Waals surface area (Å²) in [5.41, 5.74) is 2.23. The minimum Gasteiger partial charge on any atom is -0.494 e. The molecule has 2 amide bonds. The molecule has 0 heterocycles. The van der Waals surface area contributed by atoms with Gasteiger partial charge in [0.05, 0.1) is 6.61 Å². The highest BCUT2D eigenvalue weighted by Gasteiger charge is 2.22. The summed E-state index contributed by atoms with van der Waals surface area (Å²) in [4.78, 5) is 25.4. The first-order valence-electron chi connectivity index (χ1n) is 9.78. The smallest absolute Gasteiger partial charge is 0.251 e. The number of carbonyl (C=O) groups excluding carboxylic acids is 2. The predicted octanol–water partition coefficient (Wildman–Crippen LogP) is 4.59. The maximum absolute atomic E-state index is 12.9. The summed E-state index contributed by atoms with van der Waals surface area (Å²) in [5, 5.41) is 5.64. The Balaban J connectivity index is 1.70. The van der Waals surface area contributed by atoms with Crippen LogP contribution < -0.4 is 15.4 Å². The molecule has 152 valence electrons. The highest BCUT2D eigenvalue weighted by molar-refractivity contribution is 6.00. The molecule has 1 atom stereocenters. The lowest BCUT2D eigenvalue weighted by Gasteiger charge is -2.18. The lowest BCUT2D eigenvalue weighted by Crippen LogP contribution is -2.36. The molecule has 0 aliphatic carbocycles. The zero-order chi connectivity index (χ0) is 21.2. The number of hydrogen-bond donors (Lipinski definition) is 2. The monoisotopic (exact) mass is 400 g/mol. The van der Waals surface area contributed by atoms with Crippen LogP contribution in [0.1, 0.15) is 24.1 Å². The van der Waals surface area contributed by atoms with Crippen molar-refractivity contribution >= 4 is 23.6 Å². The normalized spacial score (nSPS) is 11.6. The van der Waals surface area contributed by atoms with Gasteiger partial charge in [-0.2, -0.15) is 0 Å². The van der Waals surface area contributed by atoms with E-state index < -0.39 is 6.04 Å². The standard InChI is InChI=1S/C25H24N2O3/c1-2-30-22-16-13-19(14-17-22)15-18-23(28)27-24(20-9-5-3-6-10-20)25(29)26-21-11-7-4-8-12-21/h3-18,24H,2H2,1H3,(H,26,29)(H,27,28).